The highest BCUT2D eigenvalue weighted by Crippen LogP contribution is 2.45. The van der Waals surface area contributed by atoms with Gasteiger partial charge in [-0.15, -0.1) is 0 Å². The number of aliphatic hydroxyl groups excluding tert-OH is 1. The normalized spacial score (nSPS) is 14.9. The molecule has 0 aromatic rings. The van der Waals surface area contributed by atoms with Gasteiger partial charge in [-0.2, -0.15) is 0 Å². The van der Waals surface area contributed by atoms with Gasteiger partial charge in [-0.1, -0.05) is 287 Å². The number of carbonyl (C=O) groups excluding carboxylic acids is 4. The van der Waals surface area contributed by atoms with Crippen molar-refractivity contribution in [1.29, 1.82) is 0 Å². The summed E-state index contributed by atoms with van der Waals surface area (Å²) in [4.78, 5) is 72.5. The first-order valence-electron chi connectivity index (χ1n) is 35.8. The topological polar surface area (TPSA) is 237 Å². The molecular weight excluding hydrogens is 1160 g/mol. The van der Waals surface area contributed by atoms with Gasteiger partial charge in [-0.3, -0.25) is 37.3 Å². The van der Waals surface area contributed by atoms with Gasteiger partial charge in [0, 0.05) is 25.7 Å². The molecule has 19 heteroatoms. The van der Waals surface area contributed by atoms with Gasteiger partial charge in [0.2, 0.25) is 0 Å². The summed E-state index contributed by atoms with van der Waals surface area (Å²) < 4.78 is 68.2. The largest absolute Gasteiger partial charge is 0.472 e. The molecule has 17 nitrogen and oxygen atoms in total. The maximum atomic E-state index is 13.0. The number of phosphoric ester groups is 2. The number of phosphoric acid groups is 2. The molecule has 522 valence electrons. The fourth-order valence-corrected chi connectivity index (χ4v) is 11.8. The van der Waals surface area contributed by atoms with Gasteiger partial charge in [0.25, 0.3) is 0 Å². The molecule has 3 N–H and O–H groups in total. The van der Waals surface area contributed by atoms with E-state index in [-0.39, 0.29) is 25.7 Å². The Kier molecular flexibility index (Phi) is 57.6. The highest BCUT2D eigenvalue weighted by Gasteiger charge is 2.30. The van der Waals surface area contributed by atoms with Gasteiger partial charge in [-0.05, 0) is 49.4 Å². The Labute approximate surface area is 537 Å². The molecule has 7 atom stereocenters. The second kappa shape index (κ2) is 58.8. The molecule has 0 fully saturated rings. The zero-order chi connectivity index (χ0) is 65.4. The second-order valence-electron chi connectivity index (χ2n) is 26.4. The molecule has 5 unspecified atom stereocenters. The molecule has 0 saturated heterocycles. The molecule has 0 aliphatic rings. The van der Waals surface area contributed by atoms with E-state index in [0.717, 1.165) is 114 Å². The minimum absolute atomic E-state index is 0.102. The number of ether oxygens (including phenoxy) is 4. The summed E-state index contributed by atoms with van der Waals surface area (Å²) in [6, 6.07) is 0. The number of aliphatic hydroxyl groups is 1. The van der Waals surface area contributed by atoms with E-state index in [1.54, 1.807) is 0 Å². The minimum atomic E-state index is -4.95. The van der Waals surface area contributed by atoms with Crippen LogP contribution in [0.25, 0.3) is 0 Å². The predicted molar refractivity (Wildman–Crippen MR) is 354 cm³/mol. The van der Waals surface area contributed by atoms with Crippen LogP contribution in [0.3, 0.4) is 0 Å². The van der Waals surface area contributed by atoms with E-state index in [1.165, 1.54) is 135 Å². The van der Waals surface area contributed by atoms with E-state index in [9.17, 15) is 43.2 Å². The van der Waals surface area contributed by atoms with Crippen molar-refractivity contribution in [3.63, 3.8) is 0 Å². The summed E-state index contributed by atoms with van der Waals surface area (Å²) in [5.41, 5.74) is 0. The van der Waals surface area contributed by atoms with E-state index >= 15 is 0 Å². The van der Waals surface area contributed by atoms with Crippen LogP contribution in [0.15, 0.2) is 0 Å². The van der Waals surface area contributed by atoms with E-state index in [2.05, 4.69) is 55.4 Å². The van der Waals surface area contributed by atoms with Crippen molar-refractivity contribution < 1.29 is 80.2 Å². The average Bonchev–Trinajstić information content (AvgIpc) is 3.57. The third kappa shape index (κ3) is 60.3. The van der Waals surface area contributed by atoms with Crippen LogP contribution >= 0.6 is 15.6 Å². The highest BCUT2D eigenvalue weighted by molar-refractivity contribution is 7.47. The molecule has 0 spiro atoms. The first-order chi connectivity index (χ1) is 42.2. The Morgan fingerprint density at radius 1 is 0.318 bits per heavy atom. The predicted octanol–water partition coefficient (Wildman–Crippen LogP) is 19.3. The number of hydrogen-bond donors (Lipinski definition) is 3. The third-order valence-corrected chi connectivity index (χ3v) is 18.4. The van der Waals surface area contributed by atoms with Crippen LogP contribution < -0.4 is 0 Å². The zero-order valence-corrected chi connectivity index (χ0v) is 59.1. The first-order valence-corrected chi connectivity index (χ1v) is 38.8. The number of unbranched alkanes of at least 4 members (excludes halogenated alkanes) is 30. The number of carbonyl (C=O) groups is 4. The average molecular weight is 1300 g/mol. The van der Waals surface area contributed by atoms with Crippen LogP contribution in [0.4, 0.5) is 0 Å². The smallest absolute Gasteiger partial charge is 0.462 e. The van der Waals surface area contributed by atoms with Crippen molar-refractivity contribution in [2.24, 2.45) is 23.7 Å². The van der Waals surface area contributed by atoms with Crippen molar-refractivity contribution in [3.8, 4) is 0 Å². The number of rotatable bonds is 66. The van der Waals surface area contributed by atoms with E-state index < -0.39 is 97.5 Å². The minimum Gasteiger partial charge on any atom is -0.462 e. The lowest BCUT2D eigenvalue weighted by atomic mass is 9.99. The van der Waals surface area contributed by atoms with Gasteiger partial charge in [0.1, 0.15) is 19.3 Å². The molecule has 88 heavy (non-hydrogen) atoms. The van der Waals surface area contributed by atoms with Crippen molar-refractivity contribution >= 4 is 39.5 Å². The molecule has 0 aromatic carbocycles. The van der Waals surface area contributed by atoms with Crippen LogP contribution in [0.1, 0.15) is 338 Å². The van der Waals surface area contributed by atoms with Gasteiger partial charge in [-0.25, -0.2) is 9.13 Å². The fourth-order valence-electron chi connectivity index (χ4n) is 10.2. The molecule has 0 saturated carbocycles. The molecule has 0 amide bonds. The summed E-state index contributed by atoms with van der Waals surface area (Å²) in [5, 5.41) is 10.6. The third-order valence-electron chi connectivity index (χ3n) is 16.5. The Balaban J connectivity index is 5.24. The molecule has 0 rings (SSSR count). The van der Waals surface area contributed by atoms with Crippen LogP contribution in [-0.4, -0.2) is 96.7 Å². The monoisotopic (exact) mass is 1300 g/mol. The van der Waals surface area contributed by atoms with Gasteiger partial charge < -0.3 is 33.8 Å². The van der Waals surface area contributed by atoms with Gasteiger partial charge in [0.05, 0.1) is 26.4 Å². The molecule has 0 radical (unpaired) electrons. The zero-order valence-electron chi connectivity index (χ0n) is 57.3. The van der Waals surface area contributed by atoms with Crippen molar-refractivity contribution in [1.82, 2.24) is 0 Å². The van der Waals surface area contributed by atoms with E-state index in [1.807, 2.05) is 0 Å². The van der Waals surface area contributed by atoms with Crippen LogP contribution in [0, 0.1) is 23.7 Å². The van der Waals surface area contributed by atoms with Crippen molar-refractivity contribution in [2.75, 3.05) is 39.6 Å². The lowest BCUT2D eigenvalue weighted by molar-refractivity contribution is -0.161. The van der Waals surface area contributed by atoms with Crippen LogP contribution in [0.2, 0.25) is 0 Å². The quantitative estimate of drug-likeness (QED) is 0.0222. The fraction of sp³-hybridized carbons (Fsp3) is 0.942. The lowest BCUT2D eigenvalue weighted by Crippen LogP contribution is -2.30. The summed E-state index contributed by atoms with van der Waals surface area (Å²) in [6.45, 7) is 14.1. The van der Waals surface area contributed by atoms with E-state index in [4.69, 9.17) is 37.0 Å². The molecular formula is C69H134O17P2. The molecule has 0 bridgehead atoms. The Hall–Kier alpha value is -1.94. The maximum absolute atomic E-state index is 13.0. The molecule has 0 aromatic heterocycles. The van der Waals surface area contributed by atoms with Crippen LogP contribution in [-0.2, 0) is 65.4 Å². The number of esters is 4. The Morgan fingerprint density at radius 2 is 0.545 bits per heavy atom. The highest BCUT2D eigenvalue weighted by atomic mass is 31.2. The molecule has 0 aliphatic heterocycles. The van der Waals surface area contributed by atoms with Gasteiger partial charge >= 0.3 is 39.5 Å². The van der Waals surface area contributed by atoms with Crippen molar-refractivity contribution in [2.45, 2.75) is 356 Å². The molecule has 0 aliphatic carbocycles. The second-order valence-corrected chi connectivity index (χ2v) is 29.3. The molecule has 0 heterocycles. The maximum Gasteiger partial charge on any atom is 0.472 e. The number of hydrogen-bond acceptors (Lipinski definition) is 15. The summed E-state index contributed by atoms with van der Waals surface area (Å²) >= 11 is 0. The lowest BCUT2D eigenvalue weighted by Gasteiger charge is -2.21. The first kappa shape index (κ1) is 86.1. The van der Waals surface area contributed by atoms with Gasteiger partial charge in [0.15, 0.2) is 12.2 Å². The Bertz CT molecular complexity index is 1750. The van der Waals surface area contributed by atoms with Crippen molar-refractivity contribution in [3.05, 3.63) is 0 Å². The summed E-state index contributed by atoms with van der Waals surface area (Å²) in [5.74, 6) is 0.855. The van der Waals surface area contributed by atoms with Crippen LogP contribution in [0.5, 0.6) is 0 Å². The SMILES string of the molecule is CCC(C)CCCCCCCCCCC(=O)OC[C@H](COP(=O)(O)OCC(O)COP(=O)(O)OC[C@@H](COC(=O)CCCCCCCCCC(C)C)OC(=O)CCCCCCCCCCCCCCCC(C)C)OC(=O)CCCCCCCCC(C)CC. The Morgan fingerprint density at radius 3 is 0.807 bits per heavy atom. The summed E-state index contributed by atoms with van der Waals surface area (Å²) in [6.07, 6.45) is 40.4. The standard InChI is InChI=1S/C69H134O17P2/c1-9-61(7)47-39-31-23-18-19-24-33-41-49-66(71)79-56-65(86-69(74)52-44-36-28-27-32-40-48-62(8)10-2)58-84-88(77,78)82-54-63(70)53-81-87(75,76)83-57-64(55-80-67(72)50-42-34-26-20-22-30-38-46-60(5)6)85-68(73)51-43-35-25-17-15-13-11-12-14-16-21-29-37-45-59(3)4/h59-65,70H,9-58H2,1-8H3,(H,75,76)(H,77,78)/t61?,62?,63?,64-,65-/m1/s1. The summed E-state index contributed by atoms with van der Waals surface area (Å²) in [7, 11) is -9.90. The van der Waals surface area contributed by atoms with E-state index in [0.29, 0.717) is 31.6 Å².